The van der Waals surface area contributed by atoms with Crippen LogP contribution >= 0.6 is 0 Å². The van der Waals surface area contributed by atoms with Gasteiger partial charge in [0.25, 0.3) is 5.91 Å². The second-order valence-corrected chi connectivity index (χ2v) is 5.02. The van der Waals surface area contributed by atoms with E-state index in [0.717, 1.165) is 18.5 Å². The molecule has 1 saturated heterocycles. The van der Waals surface area contributed by atoms with Crippen molar-refractivity contribution in [2.75, 3.05) is 26.7 Å². The Kier molecular flexibility index (Phi) is 5.16. The molecule has 0 aromatic heterocycles. The predicted octanol–water partition coefficient (Wildman–Crippen LogP) is 0.854. The fourth-order valence-corrected chi connectivity index (χ4v) is 2.40. The first-order valence-electron chi connectivity index (χ1n) is 6.89. The van der Waals surface area contributed by atoms with Crippen LogP contribution in [0, 0.1) is 11.8 Å². The van der Waals surface area contributed by atoms with E-state index in [1.54, 1.807) is 24.3 Å². The molecule has 0 spiro atoms. The third-order valence-corrected chi connectivity index (χ3v) is 3.63. The molecule has 2 N–H and O–H groups in total. The quantitative estimate of drug-likeness (QED) is 0.802. The molecule has 1 aliphatic rings. The number of nitrogens with one attached hydrogen (secondary N) is 1. The van der Waals surface area contributed by atoms with E-state index in [0.29, 0.717) is 18.2 Å². The molecule has 4 heteroatoms. The van der Waals surface area contributed by atoms with Crippen molar-refractivity contribution in [3.63, 3.8) is 0 Å². The Bertz CT molecular complexity index is 514. The number of aliphatic hydroxyl groups is 1. The molecule has 20 heavy (non-hydrogen) atoms. The van der Waals surface area contributed by atoms with Gasteiger partial charge in [-0.05, 0) is 50.7 Å². The van der Waals surface area contributed by atoms with Gasteiger partial charge < -0.3 is 15.3 Å². The molecule has 1 atom stereocenters. The van der Waals surface area contributed by atoms with Crippen LogP contribution in [0.2, 0.25) is 0 Å². The minimum Gasteiger partial charge on any atom is -0.384 e. The summed E-state index contributed by atoms with van der Waals surface area (Å²) >= 11 is 0. The number of likely N-dealkylation sites (tertiary alicyclic amines) is 1. The summed E-state index contributed by atoms with van der Waals surface area (Å²) in [6.45, 7) is 1.65. The number of aliphatic hydroxyl groups excluding tert-OH is 1. The lowest BCUT2D eigenvalue weighted by Gasteiger charge is -2.19. The van der Waals surface area contributed by atoms with Gasteiger partial charge in [-0.25, -0.2) is 0 Å². The molecule has 0 bridgehead atoms. The number of hydrogen-bond donors (Lipinski definition) is 2. The van der Waals surface area contributed by atoms with E-state index in [4.69, 9.17) is 5.11 Å². The Labute approximate surface area is 119 Å². The van der Waals surface area contributed by atoms with Crippen LogP contribution in [0.15, 0.2) is 24.3 Å². The average Bonchev–Trinajstić information content (AvgIpc) is 2.88. The number of amides is 1. The largest absolute Gasteiger partial charge is 0.384 e. The molecule has 2 rings (SSSR count). The van der Waals surface area contributed by atoms with Crippen molar-refractivity contribution >= 4 is 5.91 Å². The Morgan fingerprint density at radius 3 is 2.80 bits per heavy atom. The molecule has 0 saturated carbocycles. The number of carbonyl (C=O) groups excluding carboxylic acids is 1. The Morgan fingerprint density at radius 2 is 2.20 bits per heavy atom. The molecular weight excluding hydrogens is 252 g/mol. The molecule has 1 amide bonds. The van der Waals surface area contributed by atoms with Crippen LogP contribution < -0.4 is 5.32 Å². The fraction of sp³-hybridized carbons (Fsp3) is 0.438. The van der Waals surface area contributed by atoms with Crippen molar-refractivity contribution in [1.82, 2.24) is 10.2 Å². The van der Waals surface area contributed by atoms with Gasteiger partial charge in [-0.2, -0.15) is 0 Å². The van der Waals surface area contributed by atoms with Crippen molar-refractivity contribution < 1.29 is 9.90 Å². The van der Waals surface area contributed by atoms with E-state index in [1.165, 1.54) is 6.42 Å². The van der Waals surface area contributed by atoms with E-state index in [9.17, 15) is 4.79 Å². The SMILES string of the molecule is CN1CCCC1CNC(=O)c1ccc(C#CCO)cc1. The molecule has 1 fully saturated rings. The predicted molar refractivity (Wildman–Crippen MR) is 78.4 cm³/mol. The van der Waals surface area contributed by atoms with Gasteiger partial charge in [-0.15, -0.1) is 0 Å². The van der Waals surface area contributed by atoms with Crippen LogP contribution in [-0.2, 0) is 0 Å². The first-order valence-corrected chi connectivity index (χ1v) is 6.89. The average molecular weight is 272 g/mol. The lowest BCUT2D eigenvalue weighted by atomic mass is 10.1. The molecule has 1 aromatic rings. The number of benzene rings is 1. The van der Waals surface area contributed by atoms with E-state index >= 15 is 0 Å². The summed E-state index contributed by atoms with van der Waals surface area (Å²) in [5, 5.41) is 11.6. The Hall–Kier alpha value is -1.83. The molecular formula is C16H20N2O2. The monoisotopic (exact) mass is 272 g/mol. The normalized spacial score (nSPS) is 18.4. The molecule has 0 radical (unpaired) electrons. The minimum absolute atomic E-state index is 0.0491. The van der Waals surface area contributed by atoms with Gasteiger partial charge in [-0.1, -0.05) is 11.8 Å². The lowest BCUT2D eigenvalue weighted by Crippen LogP contribution is -2.38. The second-order valence-electron chi connectivity index (χ2n) is 5.02. The summed E-state index contributed by atoms with van der Waals surface area (Å²) in [6, 6.07) is 7.55. The topological polar surface area (TPSA) is 52.6 Å². The standard InChI is InChI=1S/C16H20N2O2/c1-18-10-2-5-15(18)12-17-16(20)14-8-6-13(7-9-14)4-3-11-19/h6-9,15,19H,2,5,10-12H2,1H3,(H,17,20). The van der Waals surface area contributed by atoms with E-state index in [1.807, 2.05) is 0 Å². The number of hydrogen-bond acceptors (Lipinski definition) is 3. The van der Waals surface area contributed by atoms with Crippen LogP contribution in [-0.4, -0.2) is 48.7 Å². The first-order chi connectivity index (χ1) is 9.70. The molecule has 0 aliphatic carbocycles. The molecule has 1 unspecified atom stereocenters. The Balaban J connectivity index is 1.89. The zero-order valence-electron chi connectivity index (χ0n) is 11.7. The lowest BCUT2D eigenvalue weighted by molar-refractivity contribution is 0.0943. The van der Waals surface area contributed by atoms with Crippen LogP contribution in [0.25, 0.3) is 0 Å². The highest BCUT2D eigenvalue weighted by Gasteiger charge is 2.21. The van der Waals surface area contributed by atoms with Crippen molar-refractivity contribution in [3.05, 3.63) is 35.4 Å². The molecule has 1 aromatic carbocycles. The van der Waals surface area contributed by atoms with Crippen LogP contribution in [0.3, 0.4) is 0 Å². The third-order valence-electron chi connectivity index (χ3n) is 3.63. The summed E-state index contributed by atoms with van der Waals surface area (Å²) in [7, 11) is 2.10. The number of likely N-dealkylation sites (N-methyl/N-ethyl adjacent to an activating group) is 1. The smallest absolute Gasteiger partial charge is 0.251 e. The summed E-state index contributed by atoms with van der Waals surface area (Å²) in [5.74, 6) is 5.34. The highest BCUT2D eigenvalue weighted by atomic mass is 16.2. The molecule has 4 nitrogen and oxygen atoms in total. The number of nitrogens with zero attached hydrogens (tertiary/aromatic N) is 1. The number of rotatable bonds is 3. The van der Waals surface area contributed by atoms with Crippen molar-refractivity contribution in [3.8, 4) is 11.8 Å². The van der Waals surface area contributed by atoms with Gasteiger partial charge in [0.2, 0.25) is 0 Å². The van der Waals surface area contributed by atoms with Gasteiger partial charge in [0, 0.05) is 23.7 Å². The van der Waals surface area contributed by atoms with Crippen molar-refractivity contribution in [2.24, 2.45) is 0 Å². The maximum Gasteiger partial charge on any atom is 0.251 e. The van der Waals surface area contributed by atoms with Crippen molar-refractivity contribution in [1.29, 1.82) is 0 Å². The zero-order valence-corrected chi connectivity index (χ0v) is 11.7. The van der Waals surface area contributed by atoms with E-state index in [2.05, 4.69) is 29.1 Å². The van der Waals surface area contributed by atoms with Gasteiger partial charge in [-0.3, -0.25) is 4.79 Å². The van der Waals surface area contributed by atoms with Crippen LogP contribution in [0.4, 0.5) is 0 Å². The summed E-state index contributed by atoms with van der Waals surface area (Å²) < 4.78 is 0. The van der Waals surface area contributed by atoms with E-state index < -0.39 is 0 Å². The maximum atomic E-state index is 12.0. The van der Waals surface area contributed by atoms with Gasteiger partial charge in [0.15, 0.2) is 0 Å². The first kappa shape index (κ1) is 14.6. The number of carbonyl (C=O) groups is 1. The summed E-state index contributed by atoms with van der Waals surface area (Å²) in [5.41, 5.74) is 1.44. The second kappa shape index (κ2) is 7.09. The minimum atomic E-state index is -0.156. The van der Waals surface area contributed by atoms with Crippen LogP contribution in [0.1, 0.15) is 28.8 Å². The molecule has 106 valence electrons. The zero-order chi connectivity index (χ0) is 14.4. The van der Waals surface area contributed by atoms with Gasteiger partial charge in [0.1, 0.15) is 6.61 Å². The van der Waals surface area contributed by atoms with Crippen molar-refractivity contribution in [2.45, 2.75) is 18.9 Å². The molecule has 1 heterocycles. The maximum absolute atomic E-state index is 12.0. The van der Waals surface area contributed by atoms with Gasteiger partial charge >= 0.3 is 0 Å². The fourth-order valence-electron chi connectivity index (χ4n) is 2.40. The third kappa shape index (κ3) is 3.83. The summed E-state index contributed by atoms with van der Waals surface area (Å²) in [4.78, 5) is 14.3. The molecule has 1 aliphatic heterocycles. The highest BCUT2D eigenvalue weighted by Crippen LogP contribution is 2.13. The van der Waals surface area contributed by atoms with Gasteiger partial charge in [0.05, 0.1) is 0 Å². The highest BCUT2D eigenvalue weighted by molar-refractivity contribution is 5.94. The summed E-state index contributed by atoms with van der Waals surface area (Å²) in [6.07, 6.45) is 2.35. The van der Waals surface area contributed by atoms with Crippen LogP contribution in [0.5, 0.6) is 0 Å². The Morgan fingerprint density at radius 1 is 1.45 bits per heavy atom. The van der Waals surface area contributed by atoms with E-state index in [-0.39, 0.29) is 12.5 Å².